The van der Waals surface area contributed by atoms with Gasteiger partial charge in [0.1, 0.15) is 5.69 Å². The highest BCUT2D eigenvalue weighted by atomic mass is 35.5. The summed E-state index contributed by atoms with van der Waals surface area (Å²) in [5, 5.41) is 2.86. The Morgan fingerprint density at radius 2 is 1.65 bits per heavy atom. The maximum atomic E-state index is 13.2. The molecule has 1 aromatic heterocycles. The molecule has 4 aromatic rings. The van der Waals surface area contributed by atoms with E-state index in [1.54, 1.807) is 18.2 Å². The molecule has 10 heteroatoms. The molecule has 0 saturated heterocycles. The maximum Gasteiger partial charge on any atom is 0.253 e. The summed E-state index contributed by atoms with van der Waals surface area (Å²) in [6.07, 6.45) is 0.398. The minimum absolute atomic E-state index is 0.165. The molecule has 1 N–H and O–H groups in total. The van der Waals surface area contributed by atoms with Crippen molar-refractivity contribution in [2.24, 2.45) is 0 Å². The van der Waals surface area contributed by atoms with Crippen LogP contribution in [0, 0.1) is 0 Å². The van der Waals surface area contributed by atoms with E-state index < -0.39 is 17.2 Å². The lowest BCUT2D eigenvalue weighted by Crippen LogP contribution is -2.28. The number of benzene rings is 3. The van der Waals surface area contributed by atoms with Crippen molar-refractivity contribution in [3.8, 4) is 0 Å². The zero-order valence-electron chi connectivity index (χ0n) is 17.9. The largest absolute Gasteiger partial charge is 0.755 e. The summed E-state index contributed by atoms with van der Waals surface area (Å²) in [6.45, 7) is 0.294. The van der Waals surface area contributed by atoms with Crippen molar-refractivity contribution in [3.05, 3.63) is 107 Å². The van der Waals surface area contributed by atoms with Gasteiger partial charge in [-0.05, 0) is 28.8 Å². The first-order chi connectivity index (χ1) is 16.6. The van der Waals surface area contributed by atoms with Gasteiger partial charge in [-0.2, -0.15) is 8.75 Å². The highest BCUT2D eigenvalue weighted by Crippen LogP contribution is 2.33. The summed E-state index contributed by atoms with van der Waals surface area (Å²) in [5.74, 6) is -0.0796. The molecule has 34 heavy (non-hydrogen) atoms. The average molecular weight is 512 g/mol. The van der Waals surface area contributed by atoms with Gasteiger partial charge in [0.2, 0.25) is 0 Å². The fourth-order valence-corrected chi connectivity index (χ4v) is 4.80. The van der Waals surface area contributed by atoms with Crippen LogP contribution in [0.4, 0.5) is 11.5 Å². The van der Waals surface area contributed by atoms with Gasteiger partial charge in [-0.15, -0.1) is 11.6 Å². The van der Waals surface area contributed by atoms with Crippen LogP contribution in [0.25, 0.3) is 0 Å². The Morgan fingerprint density at radius 3 is 2.29 bits per heavy atom. The minimum atomic E-state index is -2.75. The van der Waals surface area contributed by atoms with Crippen LogP contribution in [0.1, 0.15) is 32.7 Å². The molecule has 0 bridgehead atoms. The van der Waals surface area contributed by atoms with Gasteiger partial charge in [-0.25, -0.2) is 0 Å². The Labute approximate surface area is 209 Å². The summed E-state index contributed by atoms with van der Waals surface area (Å²) in [7, 11) is 0. The van der Waals surface area contributed by atoms with Crippen molar-refractivity contribution in [2.75, 3.05) is 4.31 Å². The van der Waals surface area contributed by atoms with Gasteiger partial charge in [-0.3, -0.25) is 13.3 Å². The van der Waals surface area contributed by atoms with Crippen LogP contribution in [-0.4, -0.2) is 23.4 Å². The molecule has 0 aliphatic rings. The molecule has 0 spiro atoms. The predicted octanol–water partition coefficient (Wildman–Crippen LogP) is 4.73. The van der Waals surface area contributed by atoms with E-state index in [9.17, 15) is 13.6 Å². The summed E-state index contributed by atoms with van der Waals surface area (Å²) < 4.78 is 34.4. The van der Waals surface area contributed by atoms with Gasteiger partial charge in [0.05, 0.1) is 34.2 Å². The smallest absolute Gasteiger partial charge is 0.253 e. The number of rotatable bonds is 9. The number of halogens is 1. The second-order valence-electron chi connectivity index (χ2n) is 7.36. The van der Waals surface area contributed by atoms with Crippen LogP contribution in [0.15, 0.2) is 78.9 Å². The Bertz CT molecular complexity index is 1290. The van der Waals surface area contributed by atoms with E-state index >= 15 is 0 Å². The van der Waals surface area contributed by atoms with E-state index in [2.05, 4.69) is 14.1 Å². The first kappa shape index (κ1) is 24.0. The summed E-state index contributed by atoms with van der Waals surface area (Å²) >= 11 is 4.16. The van der Waals surface area contributed by atoms with Crippen LogP contribution in [0.5, 0.6) is 0 Å². The fourth-order valence-electron chi connectivity index (χ4n) is 3.42. The first-order valence-corrected chi connectivity index (χ1v) is 12.6. The van der Waals surface area contributed by atoms with E-state index in [1.807, 2.05) is 60.7 Å². The molecule has 0 aliphatic heterocycles. The normalized spacial score (nSPS) is 11.7. The predicted molar refractivity (Wildman–Crippen MR) is 134 cm³/mol. The molecule has 0 aliphatic carbocycles. The molecule has 1 atom stereocenters. The Balaban J connectivity index is 1.69. The van der Waals surface area contributed by atoms with E-state index in [1.165, 1.54) is 0 Å². The number of amides is 1. The third kappa shape index (κ3) is 5.68. The lowest BCUT2D eigenvalue weighted by Gasteiger charge is -2.27. The van der Waals surface area contributed by atoms with Crippen LogP contribution in [-0.2, 0) is 30.1 Å². The first-order valence-electron chi connectivity index (χ1n) is 10.3. The van der Waals surface area contributed by atoms with Gasteiger partial charge in [-0.1, -0.05) is 66.7 Å². The topological polar surface area (TPSA) is 98.2 Å². The lowest BCUT2D eigenvalue weighted by molar-refractivity contribution is 0.0951. The third-order valence-corrected chi connectivity index (χ3v) is 6.60. The quantitative estimate of drug-likeness (QED) is 0.259. The molecule has 0 fully saturated rings. The van der Waals surface area contributed by atoms with Gasteiger partial charge in [0.25, 0.3) is 5.91 Å². The molecule has 1 heterocycles. The number of anilines is 2. The van der Waals surface area contributed by atoms with Crippen molar-refractivity contribution in [2.45, 2.75) is 18.8 Å². The molecule has 3 aromatic carbocycles. The number of nitrogens with one attached hydrogen (secondary N) is 1. The van der Waals surface area contributed by atoms with Crippen LogP contribution < -0.4 is 9.62 Å². The summed E-state index contributed by atoms with van der Waals surface area (Å²) in [4.78, 5) is 13.2. The molecule has 1 unspecified atom stereocenters. The molecule has 0 saturated carbocycles. The molecular weight excluding hydrogens is 492 g/mol. The number of hydrogen-bond acceptors (Lipinski definition) is 6. The highest BCUT2D eigenvalue weighted by molar-refractivity contribution is 7.81. The molecule has 0 radical (unpaired) electrons. The Kier molecular flexibility index (Phi) is 8.02. The van der Waals surface area contributed by atoms with Crippen molar-refractivity contribution in [1.29, 1.82) is 0 Å². The maximum absolute atomic E-state index is 13.2. The van der Waals surface area contributed by atoms with Gasteiger partial charge in [0, 0.05) is 18.8 Å². The standard InChI is InChI=1S/C24H21ClN4O3S2/c25-15-19-11-12-22(20(13-19)24(30)26-16-18-9-5-2-6-10-18)29(34(31)32)23-21(27-33-28-23)14-17-7-3-1-4-8-17/h1-13H,14-16H2,(H,26,30)(H,31,32)/p-1. The van der Waals surface area contributed by atoms with Crippen LogP contribution in [0.3, 0.4) is 0 Å². The number of hydrogen-bond donors (Lipinski definition) is 1. The van der Waals surface area contributed by atoms with Gasteiger partial charge in [0.15, 0.2) is 5.82 Å². The number of carbonyl (C=O) groups is 1. The Hall–Kier alpha value is -3.11. The van der Waals surface area contributed by atoms with Gasteiger partial charge < -0.3 is 9.87 Å². The average Bonchev–Trinajstić information content (AvgIpc) is 3.31. The number of aromatic nitrogens is 2. The SMILES string of the molecule is O=C(NCc1ccccc1)c1cc(CCl)ccc1N(c1nsnc1Cc1ccccc1)S(=O)[O-]. The van der Waals surface area contributed by atoms with Gasteiger partial charge >= 0.3 is 0 Å². The number of alkyl halides is 1. The fraction of sp³-hybridized carbons (Fsp3) is 0.125. The Morgan fingerprint density at radius 1 is 0.971 bits per heavy atom. The second-order valence-corrected chi connectivity index (χ2v) is 8.96. The summed E-state index contributed by atoms with van der Waals surface area (Å²) in [6, 6.07) is 23.9. The number of carbonyl (C=O) groups excluding carboxylic acids is 1. The van der Waals surface area contributed by atoms with Crippen LogP contribution >= 0.6 is 23.3 Å². The van der Waals surface area contributed by atoms with Crippen molar-refractivity contribution < 1.29 is 13.6 Å². The van der Waals surface area contributed by atoms with E-state index in [4.69, 9.17) is 11.6 Å². The molecule has 7 nitrogen and oxygen atoms in total. The third-order valence-electron chi connectivity index (χ3n) is 5.07. The highest BCUT2D eigenvalue weighted by Gasteiger charge is 2.24. The van der Waals surface area contributed by atoms with E-state index in [-0.39, 0.29) is 22.9 Å². The minimum Gasteiger partial charge on any atom is -0.755 e. The molecule has 1 amide bonds. The second kappa shape index (κ2) is 11.3. The zero-order valence-corrected chi connectivity index (χ0v) is 20.3. The number of nitrogens with zero attached hydrogens (tertiary/aromatic N) is 3. The van der Waals surface area contributed by atoms with Crippen molar-refractivity contribution >= 4 is 52.0 Å². The van der Waals surface area contributed by atoms with Crippen molar-refractivity contribution in [3.63, 3.8) is 0 Å². The zero-order chi connectivity index (χ0) is 23.9. The molecule has 174 valence electrons. The molecular formula is C24H20ClN4O3S2-. The van der Waals surface area contributed by atoms with Crippen molar-refractivity contribution in [1.82, 2.24) is 14.1 Å². The van der Waals surface area contributed by atoms with Crippen LogP contribution in [0.2, 0.25) is 0 Å². The van der Waals surface area contributed by atoms with E-state index in [0.29, 0.717) is 24.2 Å². The monoisotopic (exact) mass is 511 g/mol. The summed E-state index contributed by atoms with van der Waals surface area (Å²) in [5.41, 5.74) is 3.42. The molecule has 4 rings (SSSR count). The van der Waals surface area contributed by atoms with E-state index in [0.717, 1.165) is 27.2 Å². The lowest BCUT2D eigenvalue weighted by atomic mass is 10.1.